The maximum absolute atomic E-state index is 13.6. The number of halogens is 3. The number of fused-ring (bicyclic) bond motifs is 2. The lowest BCUT2D eigenvalue weighted by molar-refractivity contribution is -0.144. The van der Waals surface area contributed by atoms with Crippen molar-refractivity contribution in [2.24, 2.45) is 0 Å². The molecule has 5 nitrogen and oxygen atoms in total. The average molecular weight is 524 g/mol. The summed E-state index contributed by atoms with van der Waals surface area (Å²) in [6.45, 7) is 0. The fourth-order valence-electron chi connectivity index (χ4n) is 4.79. The Kier molecular flexibility index (Phi) is 6.41. The summed E-state index contributed by atoms with van der Waals surface area (Å²) in [5.41, 5.74) is -0.0543. The summed E-state index contributed by atoms with van der Waals surface area (Å²) in [6, 6.07) is 17.0. The molecule has 0 amide bonds. The number of ether oxygens (including phenoxy) is 1. The lowest BCUT2D eigenvalue weighted by Gasteiger charge is -2.20. The first-order valence-corrected chi connectivity index (χ1v) is 12.3. The fourth-order valence-corrected chi connectivity index (χ4v) is 6.13. The Labute approximate surface area is 213 Å². The highest BCUT2D eigenvalue weighted by Crippen LogP contribution is 2.44. The van der Waals surface area contributed by atoms with Gasteiger partial charge in [0.2, 0.25) is 0 Å². The molecule has 0 bridgehead atoms. The number of carbonyl (C=O) groups is 2. The van der Waals surface area contributed by atoms with Gasteiger partial charge in [0, 0.05) is 11.3 Å². The summed E-state index contributed by atoms with van der Waals surface area (Å²) < 4.78 is 46.9. The van der Waals surface area contributed by atoms with Gasteiger partial charge >= 0.3 is 12.1 Å². The molecule has 1 unspecified atom stereocenters. The standard InChI is InChI=1S/C28H20F3NO4S/c1-36-27(35)23-15-37-26-24(18-9-5-10-19(12-18)28(29,30)31)21(22(14-33)25(34)32(23)26)13-17-8-4-7-16-6-2-3-11-20(16)17/h2-12,14,23H,13,15H2,1H3. The first-order chi connectivity index (χ1) is 17.7. The SMILES string of the molecule is COC(=O)C1CSc2c(-c3cccc(C(F)(F)F)c3)c(Cc3cccc4ccccc34)c(C=O)c(=O)n21. The Morgan fingerprint density at radius 3 is 2.57 bits per heavy atom. The third-order valence-electron chi connectivity index (χ3n) is 6.52. The van der Waals surface area contributed by atoms with E-state index in [-0.39, 0.29) is 23.3 Å². The molecular weight excluding hydrogens is 503 g/mol. The van der Waals surface area contributed by atoms with Crippen LogP contribution in [-0.4, -0.2) is 29.7 Å². The molecule has 9 heteroatoms. The molecule has 1 atom stereocenters. The van der Waals surface area contributed by atoms with Crippen LogP contribution in [0.5, 0.6) is 0 Å². The van der Waals surface area contributed by atoms with Crippen LogP contribution in [0.3, 0.4) is 0 Å². The molecule has 0 N–H and O–H groups in total. The van der Waals surface area contributed by atoms with Gasteiger partial charge in [-0.3, -0.25) is 14.2 Å². The average Bonchev–Trinajstić information content (AvgIpc) is 3.34. The van der Waals surface area contributed by atoms with Gasteiger partial charge in [0.1, 0.15) is 6.04 Å². The molecule has 5 rings (SSSR count). The van der Waals surface area contributed by atoms with Gasteiger partial charge in [-0.2, -0.15) is 13.2 Å². The highest BCUT2D eigenvalue weighted by molar-refractivity contribution is 7.99. The number of hydrogen-bond donors (Lipinski definition) is 0. The van der Waals surface area contributed by atoms with Crippen LogP contribution in [0.15, 0.2) is 76.6 Å². The molecule has 0 fully saturated rings. The number of nitrogens with zero attached hydrogens (tertiary/aromatic N) is 1. The summed E-state index contributed by atoms with van der Waals surface area (Å²) in [5, 5.41) is 2.18. The van der Waals surface area contributed by atoms with Crippen LogP contribution in [0.4, 0.5) is 13.2 Å². The third-order valence-corrected chi connectivity index (χ3v) is 7.67. The topological polar surface area (TPSA) is 65.4 Å². The van der Waals surface area contributed by atoms with Crippen LogP contribution in [0.1, 0.15) is 33.1 Å². The number of rotatable bonds is 5. The van der Waals surface area contributed by atoms with Crippen molar-refractivity contribution < 1.29 is 27.5 Å². The van der Waals surface area contributed by atoms with E-state index in [2.05, 4.69) is 0 Å². The van der Waals surface area contributed by atoms with Crippen molar-refractivity contribution in [3.8, 4) is 11.1 Å². The number of carbonyl (C=O) groups excluding carboxylic acids is 2. The summed E-state index contributed by atoms with van der Waals surface area (Å²) in [6.07, 6.45) is -4.03. The Morgan fingerprint density at radius 1 is 1.11 bits per heavy atom. The van der Waals surface area contributed by atoms with Gasteiger partial charge in [0.05, 0.1) is 23.3 Å². The summed E-state index contributed by atoms with van der Waals surface area (Å²) in [5.74, 6) is -0.508. The quantitative estimate of drug-likeness (QED) is 0.240. The van der Waals surface area contributed by atoms with Gasteiger partial charge < -0.3 is 4.74 Å². The number of thioether (sulfide) groups is 1. The van der Waals surface area contributed by atoms with E-state index in [1.807, 2.05) is 42.5 Å². The predicted molar refractivity (Wildman–Crippen MR) is 135 cm³/mol. The minimum Gasteiger partial charge on any atom is -0.467 e. The van der Waals surface area contributed by atoms with Crippen LogP contribution in [-0.2, 0) is 22.1 Å². The van der Waals surface area contributed by atoms with Crippen LogP contribution < -0.4 is 5.56 Å². The lowest BCUT2D eigenvalue weighted by atomic mass is 9.90. The maximum atomic E-state index is 13.6. The highest BCUT2D eigenvalue weighted by atomic mass is 32.2. The normalized spacial score (nSPS) is 15.0. The molecule has 1 aromatic heterocycles. The molecule has 2 heterocycles. The minimum atomic E-state index is -4.59. The van der Waals surface area contributed by atoms with Crippen LogP contribution >= 0.6 is 11.8 Å². The number of aldehydes is 1. The number of aromatic nitrogens is 1. The molecular formula is C28H20F3NO4S. The van der Waals surface area contributed by atoms with Gasteiger partial charge in [0.25, 0.3) is 5.56 Å². The van der Waals surface area contributed by atoms with Crippen molar-refractivity contribution in [1.29, 1.82) is 0 Å². The second kappa shape index (κ2) is 9.55. The van der Waals surface area contributed by atoms with Crippen molar-refractivity contribution >= 4 is 34.8 Å². The third kappa shape index (κ3) is 4.33. The van der Waals surface area contributed by atoms with Gasteiger partial charge in [-0.25, -0.2) is 4.79 Å². The first kappa shape index (κ1) is 24.8. The van der Waals surface area contributed by atoms with E-state index in [4.69, 9.17) is 4.74 Å². The molecule has 4 aromatic rings. The van der Waals surface area contributed by atoms with Crippen molar-refractivity contribution in [3.05, 3.63) is 99.3 Å². The zero-order valence-electron chi connectivity index (χ0n) is 19.5. The Morgan fingerprint density at radius 2 is 1.84 bits per heavy atom. The maximum Gasteiger partial charge on any atom is 0.416 e. The fraction of sp³-hybridized carbons (Fsp3) is 0.179. The van der Waals surface area contributed by atoms with Crippen molar-refractivity contribution in [2.75, 3.05) is 12.9 Å². The Bertz CT molecular complexity index is 1600. The molecule has 1 aliphatic heterocycles. The number of esters is 1. The predicted octanol–water partition coefficient (Wildman–Crippen LogP) is 5.91. The first-order valence-electron chi connectivity index (χ1n) is 11.4. The van der Waals surface area contributed by atoms with E-state index in [1.54, 1.807) is 0 Å². The number of methoxy groups -OCH3 is 1. The van der Waals surface area contributed by atoms with Gasteiger partial charge in [-0.15, -0.1) is 11.8 Å². The van der Waals surface area contributed by atoms with Crippen LogP contribution in [0.2, 0.25) is 0 Å². The van der Waals surface area contributed by atoms with E-state index in [9.17, 15) is 27.6 Å². The Hall–Kier alpha value is -3.85. The van der Waals surface area contributed by atoms with Crippen molar-refractivity contribution in [1.82, 2.24) is 4.57 Å². The molecule has 1 aliphatic rings. The van der Waals surface area contributed by atoms with Gasteiger partial charge in [0.15, 0.2) is 6.29 Å². The second-order valence-electron chi connectivity index (χ2n) is 8.61. The molecule has 0 aliphatic carbocycles. The molecule has 0 spiro atoms. The van der Waals surface area contributed by atoms with E-state index in [1.165, 1.54) is 35.6 Å². The van der Waals surface area contributed by atoms with Gasteiger partial charge in [-0.1, -0.05) is 54.6 Å². The lowest BCUT2D eigenvalue weighted by Crippen LogP contribution is -2.33. The second-order valence-corrected chi connectivity index (χ2v) is 9.62. The van der Waals surface area contributed by atoms with Crippen LogP contribution in [0.25, 0.3) is 21.9 Å². The summed E-state index contributed by atoms with van der Waals surface area (Å²) in [4.78, 5) is 38.3. The molecule has 37 heavy (non-hydrogen) atoms. The van der Waals surface area contributed by atoms with Crippen LogP contribution in [0, 0.1) is 0 Å². The molecule has 0 saturated heterocycles. The number of alkyl halides is 3. The largest absolute Gasteiger partial charge is 0.467 e. The molecule has 0 saturated carbocycles. The van der Waals surface area contributed by atoms with E-state index in [0.717, 1.165) is 28.5 Å². The van der Waals surface area contributed by atoms with Gasteiger partial charge in [-0.05, 0) is 46.0 Å². The molecule has 0 radical (unpaired) electrons. The number of pyridine rings is 1. The van der Waals surface area contributed by atoms with E-state index >= 15 is 0 Å². The van der Waals surface area contributed by atoms with E-state index in [0.29, 0.717) is 22.4 Å². The minimum absolute atomic E-state index is 0.132. The monoisotopic (exact) mass is 523 g/mol. The zero-order chi connectivity index (χ0) is 26.3. The summed E-state index contributed by atoms with van der Waals surface area (Å²) >= 11 is 1.18. The number of hydrogen-bond acceptors (Lipinski definition) is 5. The smallest absolute Gasteiger partial charge is 0.416 e. The molecule has 188 valence electrons. The molecule has 3 aromatic carbocycles. The number of benzene rings is 3. The highest BCUT2D eigenvalue weighted by Gasteiger charge is 2.37. The van der Waals surface area contributed by atoms with E-state index < -0.39 is 29.3 Å². The van der Waals surface area contributed by atoms with Crippen molar-refractivity contribution in [2.45, 2.75) is 23.7 Å². The Balaban J connectivity index is 1.83. The summed E-state index contributed by atoms with van der Waals surface area (Å²) in [7, 11) is 1.19. The zero-order valence-corrected chi connectivity index (χ0v) is 20.4. The van der Waals surface area contributed by atoms with Crippen molar-refractivity contribution in [3.63, 3.8) is 0 Å².